The van der Waals surface area contributed by atoms with Gasteiger partial charge in [-0.25, -0.2) is 0 Å². The number of amides is 1. The number of carbonyl (C=O) groups is 1. The van der Waals surface area contributed by atoms with Crippen molar-refractivity contribution in [1.29, 1.82) is 0 Å². The van der Waals surface area contributed by atoms with Gasteiger partial charge in [-0.15, -0.1) is 0 Å². The maximum atomic E-state index is 12.6. The number of fused-ring (bicyclic) bond motifs is 2. The smallest absolute Gasteiger partial charge is 0.227 e. The van der Waals surface area contributed by atoms with E-state index in [0.717, 1.165) is 34.1 Å². The molecule has 3 aromatic rings. The molecular weight excluding hydrogens is 355 g/mol. The molecule has 0 aliphatic carbocycles. The summed E-state index contributed by atoms with van der Waals surface area (Å²) >= 11 is 12.0. The number of rotatable bonds is 2. The molecule has 2 aromatic carbocycles. The van der Waals surface area contributed by atoms with Crippen LogP contribution < -0.4 is 0 Å². The Morgan fingerprint density at radius 1 is 1.04 bits per heavy atom. The van der Waals surface area contributed by atoms with E-state index in [-0.39, 0.29) is 5.91 Å². The van der Waals surface area contributed by atoms with Crippen molar-refractivity contribution in [2.24, 2.45) is 0 Å². The van der Waals surface area contributed by atoms with Crippen LogP contribution in [-0.4, -0.2) is 22.3 Å². The topological polar surface area (TPSA) is 33.2 Å². The molecule has 0 bridgehead atoms. The fourth-order valence-electron chi connectivity index (χ4n) is 3.21. The lowest BCUT2D eigenvalue weighted by Crippen LogP contribution is -2.37. The molecule has 1 aromatic heterocycles. The lowest BCUT2D eigenvalue weighted by atomic mass is 10.0. The summed E-state index contributed by atoms with van der Waals surface area (Å²) in [6.07, 6.45) is 1.17. The van der Waals surface area contributed by atoms with Crippen molar-refractivity contribution >= 4 is 40.0 Å². The molecule has 1 aliphatic heterocycles. The van der Waals surface area contributed by atoms with Crippen molar-refractivity contribution < 1.29 is 4.79 Å². The minimum absolute atomic E-state index is 0.124. The van der Waals surface area contributed by atoms with Crippen LogP contribution in [-0.2, 0) is 24.2 Å². The Balaban J connectivity index is 1.55. The number of carbonyl (C=O) groups excluding carboxylic acids is 1. The third-order valence-corrected chi connectivity index (χ3v) is 5.03. The van der Waals surface area contributed by atoms with Crippen LogP contribution in [0.25, 0.3) is 10.9 Å². The summed E-state index contributed by atoms with van der Waals surface area (Å²) in [5.74, 6) is 0.124. The Bertz CT molecular complexity index is 954. The first-order chi connectivity index (χ1) is 12.1. The first-order valence-electron chi connectivity index (χ1n) is 8.19. The zero-order valence-corrected chi connectivity index (χ0v) is 15.0. The monoisotopic (exact) mass is 370 g/mol. The molecule has 0 radical (unpaired) electrons. The molecule has 0 atom stereocenters. The molecule has 126 valence electrons. The van der Waals surface area contributed by atoms with Crippen LogP contribution in [0.1, 0.15) is 16.8 Å². The van der Waals surface area contributed by atoms with Crippen LogP contribution in [0.4, 0.5) is 0 Å². The van der Waals surface area contributed by atoms with E-state index in [1.165, 1.54) is 0 Å². The minimum atomic E-state index is 0.124. The van der Waals surface area contributed by atoms with Crippen molar-refractivity contribution in [3.8, 4) is 0 Å². The highest BCUT2D eigenvalue weighted by Crippen LogP contribution is 2.25. The van der Waals surface area contributed by atoms with Gasteiger partial charge in [0, 0.05) is 40.6 Å². The SMILES string of the molecule is O=C(Cc1ccc(Cl)cc1)N1CCc2nc3ccc(Cl)cc3cc2C1. The van der Waals surface area contributed by atoms with Crippen LogP contribution in [0.5, 0.6) is 0 Å². The number of halogens is 2. The number of hydrogen-bond donors (Lipinski definition) is 0. The highest BCUT2D eigenvalue weighted by atomic mass is 35.5. The second-order valence-corrected chi connectivity index (χ2v) is 7.17. The normalized spacial score (nSPS) is 13.8. The van der Waals surface area contributed by atoms with Crippen LogP contribution in [0.15, 0.2) is 48.5 Å². The lowest BCUT2D eigenvalue weighted by Gasteiger charge is -2.28. The Kier molecular flexibility index (Phi) is 4.36. The van der Waals surface area contributed by atoms with Gasteiger partial charge < -0.3 is 4.90 Å². The molecular formula is C20H16Cl2N2O. The fraction of sp³-hybridized carbons (Fsp3) is 0.200. The van der Waals surface area contributed by atoms with E-state index in [2.05, 4.69) is 6.07 Å². The third kappa shape index (κ3) is 3.48. The summed E-state index contributed by atoms with van der Waals surface area (Å²) in [7, 11) is 0. The van der Waals surface area contributed by atoms with Crippen molar-refractivity contribution in [2.45, 2.75) is 19.4 Å². The van der Waals surface area contributed by atoms with Gasteiger partial charge >= 0.3 is 0 Å². The second kappa shape index (κ2) is 6.66. The third-order valence-electron chi connectivity index (χ3n) is 4.55. The van der Waals surface area contributed by atoms with Gasteiger partial charge in [-0.2, -0.15) is 0 Å². The molecule has 0 saturated heterocycles. The molecule has 0 fully saturated rings. The van der Waals surface area contributed by atoms with E-state index in [4.69, 9.17) is 28.2 Å². The van der Waals surface area contributed by atoms with Crippen LogP contribution >= 0.6 is 23.2 Å². The Hall–Kier alpha value is -2.10. The highest BCUT2D eigenvalue weighted by molar-refractivity contribution is 6.31. The van der Waals surface area contributed by atoms with Gasteiger partial charge in [0.25, 0.3) is 0 Å². The quantitative estimate of drug-likeness (QED) is 0.656. The second-order valence-electron chi connectivity index (χ2n) is 6.30. The van der Waals surface area contributed by atoms with Crippen LogP contribution in [0.3, 0.4) is 0 Å². The molecule has 3 nitrogen and oxygen atoms in total. The average molecular weight is 371 g/mol. The molecule has 2 heterocycles. The van der Waals surface area contributed by atoms with E-state index >= 15 is 0 Å². The molecule has 5 heteroatoms. The fourth-order valence-corrected chi connectivity index (χ4v) is 3.52. The summed E-state index contributed by atoms with van der Waals surface area (Å²) < 4.78 is 0. The standard InChI is InChI=1S/C20H16Cl2N2O/c21-16-3-1-13(2-4-16)9-20(25)24-8-7-19-15(12-24)10-14-11-17(22)5-6-18(14)23-19/h1-6,10-11H,7-9,12H2. The number of hydrogen-bond acceptors (Lipinski definition) is 2. The van der Waals surface area contributed by atoms with Crippen molar-refractivity contribution in [3.05, 3.63) is 75.4 Å². The van der Waals surface area contributed by atoms with Gasteiger partial charge in [0.05, 0.1) is 11.9 Å². The molecule has 25 heavy (non-hydrogen) atoms. The highest BCUT2D eigenvalue weighted by Gasteiger charge is 2.22. The van der Waals surface area contributed by atoms with Gasteiger partial charge in [0.1, 0.15) is 0 Å². The minimum Gasteiger partial charge on any atom is -0.338 e. The molecule has 4 rings (SSSR count). The largest absolute Gasteiger partial charge is 0.338 e. The average Bonchev–Trinajstić information content (AvgIpc) is 2.61. The van der Waals surface area contributed by atoms with Crippen molar-refractivity contribution in [2.75, 3.05) is 6.54 Å². The first kappa shape index (κ1) is 16.4. The Morgan fingerprint density at radius 3 is 2.60 bits per heavy atom. The van der Waals surface area contributed by atoms with Gasteiger partial charge in [-0.1, -0.05) is 35.3 Å². The lowest BCUT2D eigenvalue weighted by molar-refractivity contribution is -0.131. The molecule has 0 spiro atoms. The van der Waals surface area contributed by atoms with E-state index in [1.807, 2.05) is 47.4 Å². The van der Waals surface area contributed by atoms with Gasteiger partial charge in [0.15, 0.2) is 0 Å². The molecule has 1 amide bonds. The zero-order chi connectivity index (χ0) is 17.4. The van der Waals surface area contributed by atoms with E-state index in [1.54, 1.807) is 0 Å². The number of pyridine rings is 1. The Labute approximate surface area is 156 Å². The first-order valence-corrected chi connectivity index (χ1v) is 8.94. The van der Waals surface area contributed by atoms with E-state index < -0.39 is 0 Å². The number of nitrogens with zero attached hydrogens (tertiary/aromatic N) is 2. The summed E-state index contributed by atoms with van der Waals surface area (Å²) in [6, 6.07) is 15.2. The van der Waals surface area contributed by atoms with Gasteiger partial charge in [0.2, 0.25) is 5.91 Å². The Morgan fingerprint density at radius 2 is 1.80 bits per heavy atom. The summed E-state index contributed by atoms with van der Waals surface area (Å²) in [5, 5.41) is 2.39. The van der Waals surface area contributed by atoms with Crippen LogP contribution in [0.2, 0.25) is 10.0 Å². The van der Waals surface area contributed by atoms with E-state index in [0.29, 0.717) is 29.6 Å². The maximum Gasteiger partial charge on any atom is 0.227 e. The zero-order valence-electron chi connectivity index (χ0n) is 13.5. The number of benzene rings is 2. The maximum absolute atomic E-state index is 12.6. The van der Waals surface area contributed by atoms with Crippen molar-refractivity contribution in [3.63, 3.8) is 0 Å². The van der Waals surface area contributed by atoms with Gasteiger partial charge in [-0.3, -0.25) is 9.78 Å². The van der Waals surface area contributed by atoms with Gasteiger partial charge in [-0.05, 0) is 47.5 Å². The predicted octanol–water partition coefficient (Wildman–Crippen LogP) is 4.67. The molecule has 1 aliphatic rings. The van der Waals surface area contributed by atoms with Crippen LogP contribution in [0, 0.1) is 0 Å². The summed E-state index contributed by atoms with van der Waals surface area (Å²) in [4.78, 5) is 19.3. The van der Waals surface area contributed by atoms with E-state index in [9.17, 15) is 4.79 Å². The predicted molar refractivity (Wildman–Crippen MR) is 101 cm³/mol. The number of aromatic nitrogens is 1. The molecule has 0 saturated carbocycles. The molecule has 0 unspecified atom stereocenters. The van der Waals surface area contributed by atoms with Crippen molar-refractivity contribution in [1.82, 2.24) is 9.88 Å². The molecule has 0 N–H and O–H groups in total. The summed E-state index contributed by atoms with van der Waals surface area (Å²) in [5.41, 5.74) is 4.10. The summed E-state index contributed by atoms with van der Waals surface area (Å²) in [6.45, 7) is 1.29.